The van der Waals surface area contributed by atoms with Crippen molar-refractivity contribution < 1.29 is 4.74 Å². The summed E-state index contributed by atoms with van der Waals surface area (Å²) in [4.78, 5) is 4.39. The van der Waals surface area contributed by atoms with E-state index in [0.717, 1.165) is 11.3 Å². The van der Waals surface area contributed by atoms with Crippen molar-refractivity contribution in [3.8, 4) is 5.75 Å². The predicted octanol–water partition coefficient (Wildman–Crippen LogP) is 3.68. The van der Waals surface area contributed by atoms with Gasteiger partial charge in [0.2, 0.25) is 0 Å². The van der Waals surface area contributed by atoms with Gasteiger partial charge in [-0.1, -0.05) is 13.8 Å². The van der Waals surface area contributed by atoms with Gasteiger partial charge in [0.05, 0.1) is 7.11 Å². The van der Waals surface area contributed by atoms with Gasteiger partial charge in [0.25, 0.3) is 0 Å². The van der Waals surface area contributed by atoms with Crippen LogP contribution in [-0.2, 0) is 0 Å². The fourth-order valence-electron chi connectivity index (χ4n) is 1.87. The van der Waals surface area contributed by atoms with E-state index in [2.05, 4.69) is 37.9 Å². The molecular weight excluding hydrogens is 198 g/mol. The zero-order chi connectivity index (χ0) is 11.7. The molecule has 0 spiro atoms. The SMILES string of the molecule is COc1cc(C(C)C)cc2c(C)ccnc12. The lowest BCUT2D eigenvalue weighted by Gasteiger charge is -2.12. The molecule has 0 aliphatic rings. The van der Waals surface area contributed by atoms with Crippen LogP contribution in [-0.4, -0.2) is 12.1 Å². The Morgan fingerprint density at radius 1 is 1.25 bits per heavy atom. The number of aromatic nitrogens is 1. The summed E-state index contributed by atoms with van der Waals surface area (Å²) < 4.78 is 5.41. The molecule has 0 unspecified atom stereocenters. The van der Waals surface area contributed by atoms with Crippen molar-refractivity contribution in [1.29, 1.82) is 0 Å². The molecule has 84 valence electrons. The third-order valence-corrected chi connectivity index (χ3v) is 2.94. The summed E-state index contributed by atoms with van der Waals surface area (Å²) >= 11 is 0. The molecule has 0 aliphatic heterocycles. The second-order valence-corrected chi connectivity index (χ2v) is 4.40. The first-order chi connectivity index (χ1) is 7.63. The second kappa shape index (κ2) is 4.12. The number of methoxy groups -OCH3 is 1. The maximum Gasteiger partial charge on any atom is 0.145 e. The molecule has 0 amide bonds. The topological polar surface area (TPSA) is 22.1 Å². The first kappa shape index (κ1) is 10.9. The van der Waals surface area contributed by atoms with Crippen molar-refractivity contribution in [2.75, 3.05) is 7.11 Å². The van der Waals surface area contributed by atoms with Crippen LogP contribution in [0.5, 0.6) is 5.75 Å². The average Bonchev–Trinajstić information content (AvgIpc) is 2.28. The van der Waals surface area contributed by atoms with Gasteiger partial charge in [-0.3, -0.25) is 4.98 Å². The van der Waals surface area contributed by atoms with Crippen molar-refractivity contribution in [3.05, 3.63) is 35.5 Å². The first-order valence-electron chi connectivity index (χ1n) is 5.56. The van der Waals surface area contributed by atoms with Gasteiger partial charge >= 0.3 is 0 Å². The van der Waals surface area contributed by atoms with Crippen molar-refractivity contribution >= 4 is 10.9 Å². The minimum absolute atomic E-state index is 0.498. The van der Waals surface area contributed by atoms with Gasteiger partial charge in [0.15, 0.2) is 0 Å². The lowest BCUT2D eigenvalue weighted by molar-refractivity contribution is 0.418. The van der Waals surface area contributed by atoms with Crippen LogP contribution in [0.4, 0.5) is 0 Å². The minimum atomic E-state index is 0.498. The number of fused-ring (bicyclic) bond motifs is 1. The number of hydrogen-bond acceptors (Lipinski definition) is 2. The van der Waals surface area contributed by atoms with E-state index in [1.165, 1.54) is 16.5 Å². The fourth-order valence-corrected chi connectivity index (χ4v) is 1.87. The van der Waals surface area contributed by atoms with Crippen molar-refractivity contribution in [3.63, 3.8) is 0 Å². The zero-order valence-electron chi connectivity index (χ0n) is 10.2. The molecule has 0 aliphatic carbocycles. The highest BCUT2D eigenvalue weighted by molar-refractivity contribution is 5.88. The molecule has 1 heterocycles. The van der Waals surface area contributed by atoms with Crippen molar-refractivity contribution in [2.24, 2.45) is 0 Å². The summed E-state index contributed by atoms with van der Waals surface area (Å²) in [6.07, 6.45) is 1.83. The normalized spacial score (nSPS) is 11.1. The number of benzene rings is 1. The van der Waals surface area contributed by atoms with Crippen LogP contribution in [0.1, 0.15) is 30.9 Å². The Labute approximate surface area is 96.3 Å². The summed E-state index contributed by atoms with van der Waals surface area (Å²) in [7, 11) is 1.70. The molecule has 1 aromatic heterocycles. The molecule has 0 saturated carbocycles. The summed E-state index contributed by atoms with van der Waals surface area (Å²) in [5, 5.41) is 1.19. The molecule has 0 radical (unpaired) electrons. The highest BCUT2D eigenvalue weighted by Crippen LogP contribution is 2.30. The summed E-state index contributed by atoms with van der Waals surface area (Å²) in [6, 6.07) is 6.33. The van der Waals surface area contributed by atoms with Gasteiger partial charge in [-0.2, -0.15) is 0 Å². The van der Waals surface area contributed by atoms with Gasteiger partial charge in [0, 0.05) is 11.6 Å². The van der Waals surface area contributed by atoms with E-state index in [1.807, 2.05) is 12.3 Å². The largest absolute Gasteiger partial charge is 0.494 e. The van der Waals surface area contributed by atoms with Crippen molar-refractivity contribution in [1.82, 2.24) is 4.98 Å². The molecule has 2 nitrogen and oxygen atoms in total. The third kappa shape index (κ3) is 1.75. The number of hydrogen-bond donors (Lipinski definition) is 0. The Morgan fingerprint density at radius 2 is 2.00 bits per heavy atom. The van der Waals surface area contributed by atoms with E-state index in [-0.39, 0.29) is 0 Å². The van der Waals surface area contributed by atoms with E-state index >= 15 is 0 Å². The van der Waals surface area contributed by atoms with E-state index < -0.39 is 0 Å². The molecule has 0 atom stereocenters. The molecule has 0 saturated heterocycles. The molecule has 16 heavy (non-hydrogen) atoms. The van der Waals surface area contributed by atoms with E-state index in [0.29, 0.717) is 5.92 Å². The van der Waals surface area contributed by atoms with E-state index in [9.17, 15) is 0 Å². The molecule has 2 heteroatoms. The van der Waals surface area contributed by atoms with Crippen LogP contribution < -0.4 is 4.74 Å². The molecule has 0 N–H and O–H groups in total. The smallest absolute Gasteiger partial charge is 0.145 e. The quantitative estimate of drug-likeness (QED) is 0.762. The monoisotopic (exact) mass is 215 g/mol. The maximum atomic E-state index is 5.41. The number of nitrogens with zero attached hydrogens (tertiary/aromatic N) is 1. The van der Waals surface area contributed by atoms with Crippen LogP contribution in [0.2, 0.25) is 0 Å². The molecule has 0 fully saturated rings. The third-order valence-electron chi connectivity index (χ3n) is 2.94. The molecule has 2 rings (SSSR count). The molecule has 0 bridgehead atoms. The lowest BCUT2D eigenvalue weighted by Crippen LogP contribution is -1.94. The number of pyridine rings is 1. The molecular formula is C14H17NO. The fraction of sp³-hybridized carbons (Fsp3) is 0.357. The maximum absolute atomic E-state index is 5.41. The van der Waals surface area contributed by atoms with E-state index in [1.54, 1.807) is 7.11 Å². The molecule has 2 aromatic rings. The highest BCUT2D eigenvalue weighted by Gasteiger charge is 2.09. The van der Waals surface area contributed by atoms with Gasteiger partial charge in [-0.25, -0.2) is 0 Å². The Hall–Kier alpha value is -1.57. The Kier molecular flexibility index (Phi) is 2.82. The number of aryl methyl sites for hydroxylation is 1. The summed E-state index contributed by atoms with van der Waals surface area (Å²) in [5.41, 5.74) is 3.48. The first-order valence-corrected chi connectivity index (χ1v) is 5.56. The van der Waals surface area contributed by atoms with Crippen LogP contribution in [0.15, 0.2) is 24.4 Å². The minimum Gasteiger partial charge on any atom is -0.494 e. The second-order valence-electron chi connectivity index (χ2n) is 4.40. The van der Waals surface area contributed by atoms with Gasteiger partial charge in [-0.15, -0.1) is 0 Å². The Morgan fingerprint density at radius 3 is 2.62 bits per heavy atom. The lowest BCUT2D eigenvalue weighted by atomic mass is 9.99. The van der Waals surface area contributed by atoms with Crippen molar-refractivity contribution in [2.45, 2.75) is 26.7 Å². The summed E-state index contributed by atoms with van der Waals surface area (Å²) in [5.74, 6) is 1.36. The highest BCUT2D eigenvalue weighted by atomic mass is 16.5. The summed E-state index contributed by atoms with van der Waals surface area (Å²) in [6.45, 7) is 6.48. The van der Waals surface area contributed by atoms with Crippen LogP contribution >= 0.6 is 0 Å². The molecule has 1 aromatic carbocycles. The predicted molar refractivity (Wildman–Crippen MR) is 67.1 cm³/mol. The average molecular weight is 215 g/mol. The number of rotatable bonds is 2. The standard InChI is InChI=1S/C14H17NO/c1-9(2)11-7-12-10(3)5-6-15-14(12)13(8-11)16-4/h5-9H,1-4H3. The van der Waals surface area contributed by atoms with Crippen LogP contribution in [0, 0.1) is 6.92 Å². The van der Waals surface area contributed by atoms with E-state index in [4.69, 9.17) is 4.74 Å². The van der Waals surface area contributed by atoms with Gasteiger partial charge in [-0.05, 0) is 42.2 Å². The van der Waals surface area contributed by atoms with Gasteiger partial charge < -0.3 is 4.74 Å². The van der Waals surface area contributed by atoms with Crippen LogP contribution in [0.25, 0.3) is 10.9 Å². The Balaban J connectivity index is 2.79. The van der Waals surface area contributed by atoms with Gasteiger partial charge in [0.1, 0.15) is 11.3 Å². The Bertz CT molecular complexity index is 517. The number of ether oxygens (including phenoxy) is 1. The van der Waals surface area contributed by atoms with Crippen LogP contribution in [0.3, 0.4) is 0 Å². The zero-order valence-corrected chi connectivity index (χ0v) is 10.2.